The monoisotopic (exact) mass is 282 g/mol. The van der Waals surface area contributed by atoms with Crippen LogP contribution in [0, 0.1) is 0 Å². The van der Waals surface area contributed by atoms with Crippen molar-refractivity contribution in [1.82, 2.24) is 4.98 Å². The molecule has 0 radical (unpaired) electrons. The smallest absolute Gasteiger partial charge is 0.272 e. The average Bonchev–Trinajstić information content (AvgIpc) is 2.35. The van der Waals surface area contributed by atoms with Gasteiger partial charge in [0.2, 0.25) is 0 Å². The first kappa shape index (κ1) is 12.7. The number of halogens is 2. The summed E-state index contributed by atoms with van der Waals surface area (Å²) in [5, 5.41) is 3.17. The molecule has 0 saturated carbocycles. The minimum atomic E-state index is -0.461. The number of hydrogen-bond acceptors (Lipinski definition) is 2. The van der Waals surface area contributed by atoms with Gasteiger partial charge in [-0.1, -0.05) is 29.3 Å². The summed E-state index contributed by atoms with van der Waals surface area (Å²) in [6.07, 6.45) is 1.40. The molecule has 1 amide bonds. The van der Waals surface area contributed by atoms with Crippen molar-refractivity contribution in [3.05, 3.63) is 62.5 Å². The molecule has 0 aliphatic heterocycles. The van der Waals surface area contributed by atoms with Crippen LogP contribution >= 0.6 is 23.2 Å². The van der Waals surface area contributed by atoms with Crippen LogP contribution in [0.5, 0.6) is 0 Å². The molecule has 0 fully saturated rings. The van der Waals surface area contributed by atoms with E-state index in [0.29, 0.717) is 10.7 Å². The van der Waals surface area contributed by atoms with Crippen LogP contribution in [0.1, 0.15) is 10.5 Å². The standard InChI is InChI=1S/C12H8Cl2N2O2/c13-8-2-1-3-9(11(8)14)16-12(18)10-6-7(17)4-5-15-10/h1-6H,(H,15,17)(H,16,18). The minimum absolute atomic E-state index is 0.151. The van der Waals surface area contributed by atoms with Gasteiger partial charge in [-0.15, -0.1) is 0 Å². The lowest BCUT2D eigenvalue weighted by molar-refractivity contribution is 0.102. The first-order valence-electron chi connectivity index (χ1n) is 5.02. The summed E-state index contributed by atoms with van der Waals surface area (Å²) in [5.74, 6) is -0.461. The predicted octanol–water partition coefficient (Wildman–Crippen LogP) is 2.93. The van der Waals surface area contributed by atoms with Crippen molar-refractivity contribution in [3.8, 4) is 0 Å². The van der Waals surface area contributed by atoms with Gasteiger partial charge in [-0.25, -0.2) is 0 Å². The third-order valence-corrected chi connectivity index (χ3v) is 3.04. The second-order valence-corrected chi connectivity index (χ2v) is 4.28. The van der Waals surface area contributed by atoms with Crippen LogP contribution < -0.4 is 10.7 Å². The Labute approximate surface area is 113 Å². The van der Waals surface area contributed by atoms with Gasteiger partial charge in [0.1, 0.15) is 5.69 Å². The van der Waals surface area contributed by atoms with Gasteiger partial charge in [-0.05, 0) is 12.1 Å². The molecule has 2 rings (SSSR count). The molecule has 1 aromatic heterocycles. The van der Waals surface area contributed by atoms with Crippen molar-refractivity contribution >= 4 is 34.8 Å². The molecule has 18 heavy (non-hydrogen) atoms. The normalized spacial score (nSPS) is 10.1. The lowest BCUT2D eigenvalue weighted by Gasteiger charge is -2.07. The average molecular weight is 283 g/mol. The summed E-state index contributed by atoms with van der Waals surface area (Å²) in [6.45, 7) is 0. The first-order chi connectivity index (χ1) is 8.58. The van der Waals surface area contributed by atoms with Gasteiger partial charge in [0.05, 0.1) is 15.7 Å². The van der Waals surface area contributed by atoms with Crippen molar-refractivity contribution in [2.75, 3.05) is 5.32 Å². The zero-order valence-electron chi connectivity index (χ0n) is 9.04. The van der Waals surface area contributed by atoms with E-state index in [2.05, 4.69) is 10.3 Å². The van der Waals surface area contributed by atoms with Gasteiger partial charge in [0, 0.05) is 18.3 Å². The molecule has 0 spiro atoms. The summed E-state index contributed by atoms with van der Waals surface area (Å²) >= 11 is 11.8. The molecule has 0 aliphatic carbocycles. The number of rotatable bonds is 2. The van der Waals surface area contributed by atoms with Crippen LogP contribution in [0.2, 0.25) is 10.0 Å². The molecule has 0 atom stereocenters. The highest BCUT2D eigenvalue weighted by Crippen LogP contribution is 2.29. The lowest BCUT2D eigenvalue weighted by atomic mass is 10.3. The Balaban J connectivity index is 2.27. The lowest BCUT2D eigenvalue weighted by Crippen LogP contribution is -2.16. The number of carbonyl (C=O) groups excluding carboxylic acids is 1. The van der Waals surface area contributed by atoms with E-state index in [9.17, 15) is 9.59 Å². The van der Waals surface area contributed by atoms with E-state index >= 15 is 0 Å². The Hall–Kier alpha value is -1.78. The highest BCUT2D eigenvalue weighted by atomic mass is 35.5. The largest absolute Gasteiger partial charge is 0.357 e. The summed E-state index contributed by atoms with van der Waals surface area (Å²) in [7, 11) is 0. The van der Waals surface area contributed by atoms with Crippen molar-refractivity contribution in [2.24, 2.45) is 0 Å². The molecule has 0 unspecified atom stereocenters. The van der Waals surface area contributed by atoms with Gasteiger partial charge in [0.15, 0.2) is 5.43 Å². The molecule has 4 nitrogen and oxygen atoms in total. The maximum atomic E-state index is 11.8. The van der Waals surface area contributed by atoms with Crippen molar-refractivity contribution in [1.29, 1.82) is 0 Å². The number of amides is 1. The number of pyridine rings is 1. The Morgan fingerprint density at radius 3 is 2.72 bits per heavy atom. The highest BCUT2D eigenvalue weighted by Gasteiger charge is 2.10. The summed E-state index contributed by atoms with van der Waals surface area (Å²) in [5.41, 5.74) is 0.286. The Morgan fingerprint density at radius 1 is 1.22 bits per heavy atom. The maximum Gasteiger partial charge on any atom is 0.272 e. The molecule has 6 heteroatoms. The van der Waals surface area contributed by atoms with E-state index in [1.807, 2.05) is 0 Å². The van der Waals surface area contributed by atoms with Crippen LogP contribution in [0.25, 0.3) is 0 Å². The topological polar surface area (TPSA) is 62.0 Å². The Bertz CT molecular complexity index is 653. The van der Waals surface area contributed by atoms with Crippen LogP contribution in [-0.4, -0.2) is 10.9 Å². The number of hydrogen-bond donors (Lipinski definition) is 2. The Morgan fingerprint density at radius 2 is 2.00 bits per heavy atom. The van der Waals surface area contributed by atoms with Crippen molar-refractivity contribution < 1.29 is 4.79 Å². The van der Waals surface area contributed by atoms with Crippen LogP contribution in [0.15, 0.2) is 41.3 Å². The number of anilines is 1. The molecule has 92 valence electrons. The van der Waals surface area contributed by atoms with E-state index < -0.39 is 5.91 Å². The maximum absolute atomic E-state index is 11.8. The molecule has 0 bridgehead atoms. The van der Waals surface area contributed by atoms with Gasteiger partial charge in [-0.2, -0.15) is 0 Å². The highest BCUT2D eigenvalue weighted by molar-refractivity contribution is 6.44. The number of aromatic nitrogens is 1. The first-order valence-corrected chi connectivity index (χ1v) is 5.77. The van der Waals surface area contributed by atoms with E-state index in [1.54, 1.807) is 18.2 Å². The fraction of sp³-hybridized carbons (Fsp3) is 0. The quantitative estimate of drug-likeness (QED) is 0.890. The second-order valence-electron chi connectivity index (χ2n) is 3.49. The third-order valence-electron chi connectivity index (χ3n) is 2.22. The van der Waals surface area contributed by atoms with Crippen LogP contribution in [0.3, 0.4) is 0 Å². The SMILES string of the molecule is O=C(Nc1cccc(Cl)c1Cl)c1cc(=O)cc[nH]1. The molecule has 0 aliphatic rings. The fourth-order valence-corrected chi connectivity index (χ4v) is 1.71. The number of nitrogens with one attached hydrogen (secondary N) is 2. The van der Waals surface area contributed by atoms with E-state index in [-0.39, 0.29) is 16.1 Å². The van der Waals surface area contributed by atoms with Crippen LogP contribution in [-0.2, 0) is 0 Å². The van der Waals surface area contributed by atoms with Crippen LogP contribution in [0.4, 0.5) is 5.69 Å². The second kappa shape index (κ2) is 5.25. The molecular weight excluding hydrogens is 275 g/mol. The van der Waals surface area contributed by atoms with Crippen molar-refractivity contribution in [2.45, 2.75) is 0 Å². The number of H-pyrrole nitrogens is 1. The molecule has 2 aromatic rings. The third kappa shape index (κ3) is 2.72. The summed E-state index contributed by atoms with van der Waals surface area (Å²) in [6, 6.07) is 7.42. The minimum Gasteiger partial charge on any atom is -0.357 e. The zero-order valence-corrected chi connectivity index (χ0v) is 10.5. The fourth-order valence-electron chi connectivity index (χ4n) is 1.37. The molecule has 1 heterocycles. The van der Waals surface area contributed by atoms with Gasteiger partial charge < -0.3 is 10.3 Å². The zero-order chi connectivity index (χ0) is 13.1. The molecule has 2 N–H and O–H groups in total. The number of aromatic amines is 1. The number of benzene rings is 1. The Kier molecular flexibility index (Phi) is 3.69. The molecule has 1 aromatic carbocycles. The van der Waals surface area contributed by atoms with Gasteiger partial charge in [-0.3, -0.25) is 9.59 Å². The predicted molar refractivity (Wildman–Crippen MR) is 71.5 cm³/mol. The number of carbonyl (C=O) groups is 1. The summed E-state index contributed by atoms with van der Waals surface area (Å²) in [4.78, 5) is 25.6. The molecule has 0 saturated heterocycles. The summed E-state index contributed by atoms with van der Waals surface area (Å²) < 4.78 is 0. The van der Waals surface area contributed by atoms with Gasteiger partial charge in [0.25, 0.3) is 5.91 Å². The van der Waals surface area contributed by atoms with Gasteiger partial charge >= 0.3 is 0 Å². The van der Waals surface area contributed by atoms with Crippen molar-refractivity contribution in [3.63, 3.8) is 0 Å². The van der Waals surface area contributed by atoms with E-state index in [4.69, 9.17) is 23.2 Å². The van der Waals surface area contributed by atoms with E-state index in [0.717, 1.165) is 0 Å². The van der Waals surface area contributed by atoms with E-state index in [1.165, 1.54) is 18.3 Å². The molecular formula is C12H8Cl2N2O2.